The van der Waals surface area contributed by atoms with E-state index < -0.39 is 0 Å². The Bertz CT molecular complexity index is 1310. The van der Waals surface area contributed by atoms with Gasteiger partial charge in [-0.25, -0.2) is 9.97 Å². The second-order valence-electron chi connectivity index (χ2n) is 9.13. The Morgan fingerprint density at radius 1 is 0.971 bits per heavy atom. The fourth-order valence-corrected chi connectivity index (χ4v) is 4.49. The lowest BCUT2D eigenvalue weighted by atomic mass is 10.0. The zero-order valence-electron chi connectivity index (χ0n) is 20.3. The molecule has 1 fully saturated rings. The first-order valence-corrected chi connectivity index (χ1v) is 12.2. The molecule has 5 rings (SSSR count). The van der Waals surface area contributed by atoms with Crippen LogP contribution in [0.3, 0.4) is 0 Å². The smallest absolute Gasteiger partial charge is 0.231 e. The third-order valence-electron chi connectivity index (χ3n) is 6.74. The summed E-state index contributed by atoms with van der Waals surface area (Å²) in [6, 6.07) is 15.9. The summed E-state index contributed by atoms with van der Waals surface area (Å²) in [4.78, 5) is 29.6. The summed E-state index contributed by atoms with van der Waals surface area (Å²) in [5.74, 6) is 1.15. The molecule has 1 saturated heterocycles. The van der Waals surface area contributed by atoms with Crippen LogP contribution in [-0.2, 0) is 13.0 Å². The van der Waals surface area contributed by atoms with Crippen molar-refractivity contribution in [2.75, 3.05) is 32.7 Å². The first kappa shape index (κ1) is 23.2. The molecule has 180 valence electrons. The van der Waals surface area contributed by atoms with Crippen LogP contribution in [0.15, 0.2) is 61.1 Å². The molecule has 3 heterocycles. The number of rotatable bonds is 8. The number of nitrogens with zero attached hydrogens (tertiary/aromatic N) is 4. The summed E-state index contributed by atoms with van der Waals surface area (Å²) in [6.07, 6.45) is 3.62. The van der Waals surface area contributed by atoms with Crippen LogP contribution in [0.5, 0.6) is 11.6 Å². The minimum absolute atomic E-state index is 0.0627. The van der Waals surface area contributed by atoms with Crippen molar-refractivity contribution in [1.29, 1.82) is 0 Å². The largest absolute Gasteiger partial charge is 0.438 e. The van der Waals surface area contributed by atoms with E-state index in [9.17, 15) is 4.79 Å². The number of hydrogen-bond acceptors (Lipinski definition) is 6. The van der Waals surface area contributed by atoms with Crippen molar-refractivity contribution in [3.8, 4) is 11.6 Å². The summed E-state index contributed by atoms with van der Waals surface area (Å²) in [5.41, 5.74) is 4.59. The first-order chi connectivity index (χ1) is 17.1. The molecule has 0 saturated carbocycles. The van der Waals surface area contributed by atoms with E-state index in [4.69, 9.17) is 4.74 Å². The molecule has 35 heavy (non-hydrogen) atoms. The lowest BCUT2D eigenvalue weighted by molar-refractivity contribution is 0.0992. The van der Waals surface area contributed by atoms with Crippen LogP contribution in [0.25, 0.3) is 11.0 Å². The van der Waals surface area contributed by atoms with E-state index in [2.05, 4.69) is 55.9 Å². The van der Waals surface area contributed by atoms with Gasteiger partial charge in [-0.05, 0) is 42.3 Å². The number of carbonyl (C=O) groups is 1. The van der Waals surface area contributed by atoms with Gasteiger partial charge in [0.05, 0.1) is 5.39 Å². The maximum absolute atomic E-state index is 13.1. The van der Waals surface area contributed by atoms with Gasteiger partial charge < -0.3 is 14.6 Å². The van der Waals surface area contributed by atoms with Gasteiger partial charge in [0.1, 0.15) is 17.7 Å². The molecule has 0 spiro atoms. The number of aryl methyl sites for hydroxylation is 1. The van der Waals surface area contributed by atoms with Gasteiger partial charge in [0, 0.05) is 50.9 Å². The molecular weight excluding hydrogens is 438 g/mol. The van der Waals surface area contributed by atoms with Crippen LogP contribution >= 0.6 is 0 Å². The summed E-state index contributed by atoms with van der Waals surface area (Å²) >= 11 is 0. The number of carbonyl (C=O) groups excluding carboxylic acids is 1. The van der Waals surface area contributed by atoms with Gasteiger partial charge in [0.2, 0.25) is 5.88 Å². The highest BCUT2D eigenvalue weighted by Crippen LogP contribution is 2.29. The van der Waals surface area contributed by atoms with Crippen molar-refractivity contribution in [3.63, 3.8) is 0 Å². The number of piperazine rings is 1. The van der Waals surface area contributed by atoms with E-state index in [0.717, 1.165) is 55.8 Å². The summed E-state index contributed by atoms with van der Waals surface area (Å²) in [7, 11) is 0. The van der Waals surface area contributed by atoms with Gasteiger partial charge in [0.15, 0.2) is 5.78 Å². The Morgan fingerprint density at radius 2 is 1.71 bits per heavy atom. The Morgan fingerprint density at radius 3 is 2.49 bits per heavy atom. The van der Waals surface area contributed by atoms with Crippen LogP contribution in [0.4, 0.5) is 0 Å². The molecule has 7 nitrogen and oxygen atoms in total. The molecule has 0 radical (unpaired) electrons. The second-order valence-corrected chi connectivity index (χ2v) is 9.13. The first-order valence-electron chi connectivity index (χ1n) is 12.2. The average molecular weight is 470 g/mol. The van der Waals surface area contributed by atoms with Gasteiger partial charge in [-0.1, -0.05) is 43.3 Å². The predicted octanol–water partition coefficient (Wildman–Crippen LogP) is 4.62. The number of nitrogens with one attached hydrogen (secondary N) is 1. The van der Waals surface area contributed by atoms with Crippen molar-refractivity contribution >= 4 is 16.8 Å². The topological polar surface area (TPSA) is 74.3 Å². The molecule has 0 bridgehead atoms. The predicted molar refractivity (Wildman–Crippen MR) is 137 cm³/mol. The van der Waals surface area contributed by atoms with Crippen molar-refractivity contribution in [1.82, 2.24) is 24.8 Å². The van der Waals surface area contributed by atoms with Crippen LogP contribution < -0.4 is 4.74 Å². The third kappa shape index (κ3) is 5.42. The number of likely N-dealkylation sites (N-methyl/N-ethyl adjacent to an activating group) is 1. The van der Waals surface area contributed by atoms with Gasteiger partial charge in [0.25, 0.3) is 0 Å². The summed E-state index contributed by atoms with van der Waals surface area (Å²) in [6.45, 7) is 10.8. The Kier molecular flexibility index (Phi) is 6.88. The number of fused-ring (bicyclic) bond motifs is 1. The molecule has 0 unspecified atom stereocenters. The van der Waals surface area contributed by atoms with Crippen molar-refractivity contribution in [3.05, 3.63) is 83.3 Å². The Hall–Kier alpha value is -3.55. The van der Waals surface area contributed by atoms with Gasteiger partial charge in [-0.2, -0.15) is 0 Å². The van der Waals surface area contributed by atoms with E-state index >= 15 is 0 Å². The molecule has 2 aromatic heterocycles. The second kappa shape index (κ2) is 10.4. The Balaban J connectivity index is 1.23. The lowest BCUT2D eigenvalue weighted by Crippen LogP contribution is -2.45. The lowest BCUT2D eigenvalue weighted by Gasteiger charge is -2.34. The van der Waals surface area contributed by atoms with Gasteiger partial charge in [-0.15, -0.1) is 0 Å². The Labute approximate surface area is 205 Å². The maximum Gasteiger partial charge on any atom is 0.231 e. The van der Waals surface area contributed by atoms with Crippen LogP contribution in [0, 0.1) is 6.92 Å². The zero-order valence-corrected chi connectivity index (χ0v) is 20.3. The van der Waals surface area contributed by atoms with E-state index in [-0.39, 0.29) is 5.78 Å². The number of aromatic amines is 1. The van der Waals surface area contributed by atoms with Gasteiger partial charge in [-0.3, -0.25) is 9.69 Å². The molecule has 0 aliphatic carbocycles. The minimum atomic E-state index is 0.0627. The number of Topliss-reactive ketones (excluding diaryl/α,β-unsaturated/α-hetero) is 1. The molecule has 7 heteroatoms. The maximum atomic E-state index is 13.1. The van der Waals surface area contributed by atoms with Crippen molar-refractivity contribution in [2.45, 2.75) is 26.8 Å². The number of benzene rings is 2. The normalized spacial score (nSPS) is 14.9. The molecule has 1 N–H and O–H groups in total. The highest BCUT2D eigenvalue weighted by atomic mass is 16.5. The fourth-order valence-electron chi connectivity index (χ4n) is 4.49. The molecule has 2 aromatic carbocycles. The number of aromatic nitrogens is 3. The average Bonchev–Trinajstić information content (AvgIpc) is 3.37. The molecule has 1 aliphatic heterocycles. The molecular formula is C28H31N5O2. The SMILES string of the molecule is CCN1CCN(Cc2ccc(CC(=O)c3ccc(C)c(Oc4ncnc5[nH]ccc45)c3)cc2)CC1. The van der Waals surface area contributed by atoms with Gasteiger partial charge >= 0.3 is 0 Å². The zero-order chi connectivity index (χ0) is 24.2. The minimum Gasteiger partial charge on any atom is -0.438 e. The monoisotopic (exact) mass is 469 g/mol. The molecule has 1 aliphatic rings. The highest BCUT2D eigenvalue weighted by molar-refractivity contribution is 5.98. The van der Waals surface area contributed by atoms with E-state index in [1.807, 2.05) is 31.2 Å². The summed E-state index contributed by atoms with van der Waals surface area (Å²) in [5, 5.41) is 0.802. The fraction of sp³-hybridized carbons (Fsp3) is 0.321. The number of ether oxygens (including phenoxy) is 1. The van der Waals surface area contributed by atoms with Crippen molar-refractivity contribution < 1.29 is 9.53 Å². The summed E-state index contributed by atoms with van der Waals surface area (Å²) < 4.78 is 6.09. The molecule has 4 aromatic rings. The highest BCUT2D eigenvalue weighted by Gasteiger charge is 2.16. The number of hydrogen-bond donors (Lipinski definition) is 1. The van der Waals surface area contributed by atoms with Crippen LogP contribution in [0.2, 0.25) is 0 Å². The van der Waals surface area contributed by atoms with E-state index in [1.54, 1.807) is 6.20 Å². The van der Waals surface area contributed by atoms with Crippen molar-refractivity contribution in [2.24, 2.45) is 0 Å². The molecule has 0 amide bonds. The number of ketones is 1. The third-order valence-corrected chi connectivity index (χ3v) is 6.74. The van der Waals surface area contributed by atoms with E-state index in [0.29, 0.717) is 29.3 Å². The van der Waals surface area contributed by atoms with Crippen LogP contribution in [0.1, 0.15) is 34.0 Å². The standard InChI is InChI=1S/C28H31N5O2/c1-3-32-12-14-33(15-13-32)18-22-7-5-21(6-8-22)16-25(34)23-9-4-20(2)26(17-23)35-28-24-10-11-29-27(24)30-19-31-28/h4-11,17,19H,3,12-16,18H2,1-2H3,(H,29,30,31). The van der Waals surface area contributed by atoms with Crippen LogP contribution in [-0.4, -0.2) is 63.3 Å². The van der Waals surface area contributed by atoms with E-state index in [1.165, 1.54) is 11.9 Å². The number of H-pyrrole nitrogens is 1. The molecule has 0 atom stereocenters. The quantitative estimate of drug-likeness (QED) is 0.380.